The lowest BCUT2D eigenvalue weighted by molar-refractivity contribution is -0.151. The minimum Gasteiger partial charge on any atom is -0.375 e. The summed E-state index contributed by atoms with van der Waals surface area (Å²) in [5, 5.41) is 0. The molecule has 2 fully saturated rings. The maximum absolute atomic E-state index is 5.86. The molecule has 3 heteroatoms. The standard InChI is InChI=1S/C12H23NO2/c1-10(2)9-15-13-11-4-7-14-12(8-11)5-3-6-12/h10-11,13H,3-9H2,1-2H3. The number of hydrogen-bond donors (Lipinski definition) is 1. The fourth-order valence-electron chi connectivity index (χ4n) is 2.38. The lowest BCUT2D eigenvalue weighted by Crippen LogP contribution is -2.51. The van der Waals surface area contributed by atoms with Crippen LogP contribution in [0.15, 0.2) is 0 Å². The van der Waals surface area contributed by atoms with Gasteiger partial charge >= 0.3 is 0 Å². The molecular formula is C12H23NO2. The monoisotopic (exact) mass is 213 g/mol. The van der Waals surface area contributed by atoms with E-state index in [1.165, 1.54) is 19.3 Å². The van der Waals surface area contributed by atoms with Crippen molar-refractivity contribution in [2.75, 3.05) is 13.2 Å². The van der Waals surface area contributed by atoms with Gasteiger partial charge in [0.15, 0.2) is 0 Å². The number of rotatable bonds is 4. The Kier molecular flexibility index (Phi) is 3.65. The van der Waals surface area contributed by atoms with Gasteiger partial charge in [-0.3, -0.25) is 0 Å². The molecule has 1 aliphatic heterocycles. The summed E-state index contributed by atoms with van der Waals surface area (Å²) in [6.45, 7) is 6.02. The number of nitrogens with one attached hydrogen (secondary N) is 1. The molecule has 3 nitrogen and oxygen atoms in total. The van der Waals surface area contributed by atoms with Gasteiger partial charge in [0.05, 0.1) is 12.2 Å². The molecule has 1 atom stereocenters. The molecule has 0 aromatic rings. The molecule has 1 N–H and O–H groups in total. The molecule has 1 saturated carbocycles. The van der Waals surface area contributed by atoms with Crippen LogP contribution in [0.3, 0.4) is 0 Å². The van der Waals surface area contributed by atoms with E-state index >= 15 is 0 Å². The summed E-state index contributed by atoms with van der Waals surface area (Å²) in [7, 11) is 0. The van der Waals surface area contributed by atoms with E-state index in [-0.39, 0.29) is 5.60 Å². The molecule has 0 bridgehead atoms. The third-order valence-corrected chi connectivity index (χ3v) is 3.42. The van der Waals surface area contributed by atoms with Crippen LogP contribution < -0.4 is 5.48 Å². The van der Waals surface area contributed by atoms with Crippen LogP contribution in [0.1, 0.15) is 46.0 Å². The van der Waals surface area contributed by atoms with E-state index in [1.807, 2.05) is 0 Å². The second-order valence-electron chi connectivity index (χ2n) is 5.40. The summed E-state index contributed by atoms with van der Waals surface area (Å²) in [5.74, 6) is 0.593. The summed E-state index contributed by atoms with van der Waals surface area (Å²) in [4.78, 5) is 5.49. The summed E-state index contributed by atoms with van der Waals surface area (Å²) < 4.78 is 5.86. The van der Waals surface area contributed by atoms with Crippen molar-refractivity contribution >= 4 is 0 Å². The molecule has 88 valence electrons. The molecular weight excluding hydrogens is 190 g/mol. The van der Waals surface area contributed by atoms with Crippen molar-refractivity contribution in [2.45, 2.75) is 57.6 Å². The fourth-order valence-corrected chi connectivity index (χ4v) is 2.38. The second-order valence-corrected chi connectivity index (χ2v) is 5.40. The molecule has 0 aromatic heterocycles. The Bertz CT molecular complexity index is 202. The average Bonchev–Trinajstić information content (AvgIpc) is 2.15. The molecule has 1 heterocycles. The topological polar surface area (TPSA) is 30.5 Å². The van der Waals surface area contributed by atoms with Gasteiger partial charge in [-0.05, 0) is 38.0 Å². The Balaban J connectivity index is 1.69. The number of hydrogen-bond acceptors (Lipinski definition) is 3. The number of hydroxylamine groups is 1. The van der Waals surface area contributed by atoms with Gasteiger partial charge in [-0.15, -0.1) is 0 Å². The molecule has 1 saturated heterocycles. The average molecular weight is 213 g/mol. The predicted octanol–water partition coefficient (Wildman–Crippen LogP) is 2.27. The van der Waals surface area contributed by atoms with Crippen molar-refractivity contribution in [1.29, 1.82) is 0 Å². The van der Waals surface area contributed by atoms with E-state index in [0.29, 0.717) is 12.0 Å². The fraction of sp³-hybridized carbons (Fsp3) is 1.00. The van der Waals surface area contributed by atoms with E-state index < -0.39 is 0 Å². The van der Waals surface area contributed by atoms with Crippen LogP contribution in [0.2, 0.25) is 0 Å². The van der Waals surface area contributed by atoms with Gasteiger partial charge in [0.2, 0.25) is 0 Å². The van der Waals surface area contributed by atoms with Crippen molar-refractivity contribution in [3.05, 3.63) is 0 Å². The Morgan fingerprint density at radius 3 is 2.87 bits per heavy atom. The van der Waals surface area contributed by atoms with Crippen LogP contribution in [0.5, 0.6) is 0 Å². The zero-order valence-electron chi connectivity index (χ0n) is 9.92. The number of ether oxygens (including phenoxy) is 1. The third kappa shape index (κ3) is 2.92. The van der Waals surface area contributed by atoms with Gasteiger partial charge < -0.3 is 9.57 Å². The first-order valence-corrected chi connectivity index (χ1v) is 6.21. The van der Waals surface area contributed by atoms with Gasteiger partial charge in [0.25, 0.3) is 0 Å². The van der Waals surface area contributed by atoms with Crippen molar-refractivity contribution in [3.8, 4) is 0 Å². The lowest BCUT2D eigenvalue weighted by Gasteiger charge is -2.47. The molecule has 2 aliphatic rings. The molecule has 1 aliphatic carbocycles. The van der Waals surface area contributed by atoms with Crippen LogP contribution in [0.4, 0.5) is 0 Å². The Morgan fingerprint density at radius 2 is 2.27 bits per heavy atom. The summed E-state index contributed by atoms with van der Waals surface area (Å²) in [5.41, 5.74) is 3.42. The molecule has 2 rings (SSSR count). The summed E-state index contributed by atoms with van der Waals surface area (Å²) in [6, 6.07) is 0.498. The lowest BCUT2D eigenvalue weighted by atomic mass is 9.74. The zero-order chi connectivity index (χ0) is 10.7. The first-order chi connectivity index (χ1) is 7.20. The Hall–Kier alpha value is -0.120. The first-order valence-electron chi connectivity index (χ1n) is 6.21. The highest BCUT2D eigenvalue weighted by atomic mass is 16.6. The molecule has 0 amide bonds. The first kappa shape index (κ1) is 11.4. The molecule has 0 aromatic carbocycles. The third-order valence-electron chi connectivity index (χ3n) is 3.42. The van der Waals surface area contributed by atoms with E-state index in [1.54, 1.807) is 0 Å². The van der Waals surface area contributed by atoms with Gasteiger partial charge in [-0.2, -0.15) is 5.48 Å². The molecule has 15 heavy (non-hydrogen) atoms. The summed E-state index contributed by atoms with van der Waals surface area (Å²) in [6.07, 6.45) is 6.04. The van der Waals surface area contributed by atoms with E-state index in [0.717, 1.165) is 26.1 Å². The van der Waals surface area contributed by atoms with Crippen molar-refractivity contribution < 1.29 is 9.57 Å². The summed E-state index contributed by atoms with van der Waals surface area (Å²) >= 11 is 0. The van der Waals surface area contributed by atoms with Crippen LogP contribution in [-0.4, -0.2) is 24.9 Å². The second kappa shape index (κ2) is 4.81. The quantitative estimate of drug-likeness (QED) is 0.727. The van der Waals surface area contributed by atoms with Crippen LogP contribution in [0.25, 0.3) is 0 Å². The Morgan fingerprint density at radius 1 is 1.47 bits per heavy atom. The normalized spacial score (nSPS) is 29.4. The van der Waals surface area contributed by atoms with Gasteiger partial charge in [0.1, 0.15) is 0 Å². The van der Waals surface area contributed by atoms with Crippen molar-refractivity contribution in [1.82, 2.24) is 5.48 Å². The van der Waals surface area contributed by atoms with Crippen molar-refractivity contribution in [2.24, 2.45) is 5.92 Å². The highest BCUT2D eigenvalue weighted by Crippen LogP contribution is 2.42. The molecule has 0 radical (unpaired) electrons. The molecule has 1 spiro atoms. The molecule has 1 unspecified atom stereocenters. The maximum atomic E-state index is 5.86. The van der Waals surface area contributed by atoms with Gasteiger partial charge in [0, 0.05) is 12.6 Å². The highest BCUT2D eigenvalue weighted by Gasteiger charge is 2.42. The minimum absolute atomic E-state index is 0.219. The van der Waals surface area contributed by atoms with Gasteiger partial charge in [-0.25, -0.2) is 0 Å². The smallest absolute Gasteiger partial charge is 0.0705 e. The van der Waals surface area contributed by atoms with Crippen molar-refractivity contribution in [3.63, 3.8) is 0 Å². The minimum atomic E-state index is 0.219. The van der Waals surface area contributed by atoms with E-state index in [2.05, 4.69) is 19.3 Å². The SMILES string of the molecule is CC(C)CONC1CCOC2(CCC2)C1. The Labute approximate surface area is 92.5 Å². The highest BCUT2D eigenvalue weighted by molar-refractivity contribution is 4.95. The zero-order valence-corrected chi connectivity index (χ0v) is 9.92. The largest absolute Gasteiger partial charge is 0.375 e. The van der Waals surface area contributed by atoms with Crippen LogP contribution in [0, 0.1) is 5.92 Å². The predicted molar refractivity (Wildman–Crippen MR) is 59.5 cm³/mol. The van der Waals surface area contributed by atoms with E-state index in [9.17, 15) is 0 Å². The van der Waals surface area contributed by atoms with Gasteiger partial charge in [-0.1, -0.05) is 13.8 Å². The maximum Gasteiger partial charge on any atom is 0.0705 e. The van der Waals surface area contributed by atoms with Crippen LogP contribution >= 0.6 is 0 Å². The van der Waals surface area contributed by atoms with Crippen LogP contribution in [-0.2, 0) is 9.57 Å². The van der Waals surface area contributed by atoms with E-state index in [4.69, 9.17) is 9.57 Å².